The van der Waals surface area contributed by atoms with Gasteiger partial charge in [0.15, 0.2) is 0 Å². The number of amides is 3. The van der Waals surface area contributed by atoms with Crippen molar-refractivity contribution in [2.24, 2.45) is 0 Å². The first-order valence-corrected chi connectivity index (χ1v) is 10.7. The third kappa shape index (κ3) is 6.18. The number of carbonyl (C=O) groups is 3. The normalized spacial score (nSPS) is 13.8. The molecular formula is C24H26ClN3O3. The first-order valence-electron chi connectivity index (χ1n) is 10.3. The van der Waals surface area contributed by atoms with E-state index in [0.717, 1.165) is 18.4 Å². The molecule has 162 valence electrons. The lowest BCUT2D eigenvalue weighted by atomic mass is 10.2. The van der Waals surface area contributed by atoms with Crippen LogP contribution in [0, 0.1) is 0 Å². The summed E-state index contributed by atoms with van der Waals surface area (Å²) in [5.74, 6) is -0.626. The average molecular weight is 440 g/mol. The average Bonchev–Trinajstić information content (AvgIpc) is 3.17. The number of hydrogen-bond acceptors (Lipinski definition) is 3. The highest BCUT2D eigenvalue weighted by molar-refractivity contribution is 6.30. The second-order valence-electron chi connectivity index (χ2n) is 7.39. The van der Waals surface area contributed by atoms with Crippen molar-refractivity contribution >= 4 is 41.1 Å². The van der Waals surface area contributed by atoms with Crippen LogP contribution < -0.4 is 4.90 Å². The highest BCUT2D eigenvalue weighted by Gasteiger charge is 2.32. The number of carbonyl (C=O) groups excluding carboxylic acids is 3. The molecule has 0 spiro atoms. The van der Waals surface area contributed by atoms with Crippen LogP contribution in [0.3, 0.4) is 0 Å². The second-order valence-corrected chi connectivity index (χ2v) is 7.83. The smallest absolute Gasteiger partial charge is 0.248 e. The first kappa shape index (κ1) is 22.6. The molecule has 0 atom stereocenters. The predicted molar refractivity (Wildman–Crippen MR) is 122 cm³/mol. The molecule has 6 nitrogen and oxygen atoms in total. The van der Waals surface area contributed by atoms with Gasteiger partial charge in [-0.25, -0.2) is 0 Å². The van der Waals surface area contributed by atoms with Gasteiger partial charge in [0.25, 0.3) is 0 Å². The van der Waals surface area contributed by atoms with E-state index in [0.29, 0.717) is 17.3 Å². The zero-order valence-corrected chi connectivity index (χ0v) is 18.3. The van der Waals surface area contributed by atoms with E-state index in [9.17, 15) is 14.4 Å². The van der Waals surface area contributed by atoms with Crippen molar-refractivity contribution in [2.45, 2.75) is 19.8 Å². The Morgan fingerprint density at radius 2 is 1.81 bits per heavy atom. The minimum Gasteiger partial charge on any atom is -0.330 e. The van der Waals surface area contributed by atoms with Crippen molar-refractivity contribution in [2.75, 3.05) is 31.2 Å². The second kappa shape index (κ2) is 10.8. The SMILES string of the molecule is CCCCN(CC(=O)N1CC(=O)N(c2ccc(Cl)cc2)C1)C(=O)C=Cc1ccccc1. The van der Waals surface area contributed by atoms with Gasteiger partial charge < -0.3 is 9.80 Å². The summed E-state index contributed by atoms with van der Waals surface area (Å²) in [7, 11) is 0. The molecule has 1 aliphatic rings. The Hall–Kier alpha value is -3.12. The van der Waals surface area contributed by atoms with Gasteiger partial charge in [-0.15, -0.1) is 0 Å². The fraction of sp³-hybridized carbons (Fsp3) is 0.292. The molecule has 1 aliphatic heterocycles. The highest BCUT2D eigenvalue weighted by atomic mass is 35.5. The zero-order chi connectivity index (χ0) is 22.2. The fourth-order valence-corrected chi connectivity index (χ4v) is 3.40. The Balaban J connectivity index is 1.64. The van der Waals surface area contributed by atoms with Gasteiger partial charge in [-0.05, 0) is 42.3 Å². The molecule has 2 aromatic carbocycles. The topological polar surface area (TPSA) is 60.9 Å². The highest BCUT2D eigenvalue weighted by Crippen LogP contribution is 2.22. The van der Waals surface area contributed by atoms with E-state index in [4.69, 9.17) is 11.6 Å². The molecule has 0 saturated carbocycles. The van der Waals surface area contributed by atoms with Gasteiger partial charge in [-0.2, -0.15) is 0 Å². The Bertz CT molecular complexity index is 944. The molecule has 0 bridgehead atoms. The van der Waals surface area contributed by atoms with E-state index in [1.165, 1.54) is 11.0 Å². The van der Waals surface area contributed by atoms with Crippen LogP contribution in [0.4, 0.5) is 5.69 Å². The summed E-state index contributed by atoms with van der Waals surface area (Å²) in [5, 5.41) is 0.581. The van der Waals surface area contributed by atoms with Crippen molar-refractivity contribution in [3.05, 3.63) is 71.3 Å². The summed E-state index contributed by atoms with van der Waals surface area (Å²) >= 11 is 5.92. The monoisotopic (exact) mass is 439 g/mol. The van der Waals surface area contributed by atoms with E-state index in [1.807, 2.05) is 37.3 Å². The summed E-state index contributed by atoms with van der Waals surface area (Å²) in [6.45, 7) is 2.63. The molecule has 3 amide bonds. The van der Waals surface area contributed by atoms with Crippen LogP contribution >= 0.6 is 11.6 Å². The first-order chi connectivity index (χ1) is 15.0. The number of hydrogen-bond donors (Lipinski definition) is 0. The lowest BCUT2D eigenvalue weighted by molar-refractivity contribution is -0.138. The Morgan fingerprint density at radius 1 is 1.10 bits per heavy atom. The standard InChI is InChI=1S/C24H26ClN3O3/c1-2-3-15-26(22(29)14-9-19-7-5-4-6-8-19)16-23(30)27-17-24(31)28(18-27)21-12-10-20(25)11-13-21/h4-14H,2-3,15-18H2,1H3. The van der Waals surface area contributed by atoms with E-state index in [1.54, 1.807) is 40.1 Å². The van der Waals surface area contributed by atoms with Gasteiger partial charge in [0, 0.05) is 23.3 Å². The van der Waals surface area contributed by atoms with E-state index < -0.39 is 0 Å². The van der Waals surface area contributed by atoms with Crippen LogP contribution in [0.25, 0.3) is 6.08 Å². The van der Waals surface area contributed by atoms with Gasteiger partial charge in [0.1, 0.15) is 19.8 Å². The Kier molecular flexibility index (Phi) is 7.84. The Labute approximate surface area is 187 Å². The van der Waals surface area contributed by atoms with Crippen LogP contribution in [0.15, 0.2) is 60.7 Å². The number of anilines is 1. The van der Waals surface area contributed by atoms with Crippen molar-refractivity contribution in [3.8, 4) is 0 Å². The molecule has 31 heavy (non-hydrogen) atoms. The van der Waals surface area contributed by atoms with E-state index >= 15 is 0 Å². The quantitative estimate of drug-likeness (QED) is 0.587. The zero-order valence-electron chi connectivity index (χ0n) is 17.5. The molecule has 0 radical (unpaired) electrons. The Morgan fingerprint density at radius 3 is 2.48 bits per heavy atom. The van der Waals surface area contributed by atoms with Crippen LogP contribution in [0.1, 0.15) is 25.3 Å². The van der Waals surface area contributed by atoms with Gasteiger partial charge in [0.05, 0.1) is 0 Å². The third-order valence-electron chi connectivity index (χ3n) is 5.07. The molecule has 0 aliphatic carbocycles. The molecule has 7 heteroatoms. The van der Waals surface area contributed by atoms with Gasteiger partial charge in [-0.3, -0.25) is 19.3 Å². The maximum atomic E-state index is 12.9. The third-order valence-corrected chi connectivity index (χ3v) is 5.32. The molecule has 1 heterocycles. The summed E-state index contributed by atoms with van der Waals surface area (Å²) in [6, 6.07) is 16.4. The molecule has 1 fully saturated rings. The number of unbranched alkanes of at least 4 members (excludes halogenated alkanes) is 1. The van der Waals surface area contributed by atoms with E-state index in [-0.39, 0.29) is 37.5 Å². The molecule has 0 unspecified atom stereocenters. The van der Waals surface area contributed by atoms with Gasteiger partial charge in [-0.1, -0.05) is 55.3 Å². The number of rotatable bonds is 8. The van der Waals surface area contributed by atoms with Crippen molar-refractivity contribution in [1.82, 2.24) is 9.80 Å². The van der Waals surface area contributed by atoms with Crippen LogP contribution in [-0.4, -0.2) is 53.8 Å². The number of halogens is 1. The minimum atomic E-state index is -0.248. The van der Waals surface area contributed by atoms with Crippen molar-refractivity contribution < 1.29 is 14.4 Å². The maximum absolute atomic E-state index is 12.9. The minimum absolute atomic E-state index is 0.00285. The van der Waals surface area contributed by atoms with Crippen molar-refractivity contribution in [3.63, 3.8) is 0 Å². The molecule has 3 rings (SSSR count). The summed E-state index contributed by atoms with van der Waals surface area (Å²) in [4.78, 5) is 42.6. The van der Waals surface area contributed by atoms with Gasteiger partial charge in [0.2, 0.25) is 17.7 Å². The molecular weight excluding hydrogens is 414 g/mol. The summed E-state index contributed by atoms with van der Waals surface area (Å²) < 4.78 is 0. The lowest BCUT2D eigenvalue weighted by Gasteiger charge is -2.24. The maximum Gasteiger partial charge on any atom is 0.248 e. The summed E-state index contributed by atoms with van der Waals surface area (Å²) in [6.07, 6.45) is 4.95. The number of benzene rings is 2. The molecule has 0 N–H and O–H groups in total. The molecule has 0 aromatic heterocycles. The largest absolute Gasteiger partial charge is 0.330 e. The lowest BCUT2D eigenvalue weighted by Crippen LogP contribution is -2.42. The molecule has 1 saturated heterocycles. The van der Waals surface area contributed by atoms with E-state index in [2.05, 4.69) is 0 Å². The number of nitrogens with zero attached hydrogens (tertiary/aromatic N) is 3. The molecule has 2 aromatic rings. The van der Waals surface area contributed by atoms with Crippen LogP contribution in [0.5, 0.6) is 0 Å². The van der Waals surface area contributed by atoms with Crippen molar-refractivity contribution in [1.29, 1.82) is 0 Å². The van der Waals surface area contributed by atoms with Crippen LogP contribution in [0.2, 0.25) is 5.02 Å². The fourth-order valence-electron chi connectivity index (χ4n) is 3.28. The summed E-state index contributed by atoms with van der Waals surface area (Å²) in [5.41, 5.74) is 1.61. The van der Waals surface area contributed by atoms with Gasteiger partial charge >= 0.3 is 0 Å². The predicted octanol–water partition coefficient (Wildman–Crippen LogP) is 3.81. The van der Waals surface area contributed by atoms with Crippen LogP contribution in [-0.2, 0) is 14.4 Å².